The van der Waals surface area contributed by atoms with Crippen molar-refractivity contribution in [3.63, 3.8) is 0 Å². The van der Waals surface area contributed by atoms with Crippen molar-refractivity contribution in [2.45, 2.75) is 6.36 Å². The molecule has 0 amide bonds. The molecule has 26 heavy (non-hydrogen) atoms. The Morgan fingerprint density at radius 3 is 2.27 bits per heavy atom. The van der Waals surface area contributed by atoms with Crippen molar-refractivity contribution in [1.29, 1.82) is 0 Å². The fourth-order valence-electron chi connectivity index (χ4n) is 1.95. The number of aliphatic hydroxyl groups excluding tert-OH is 1. The van der Waals surface area contributed by atoms with Gasteiger partial charge in [0.15, 0.2) is 6.79 Å². The van der Waals surface area contributed by atoms with E-state index in [-0.39, 0.29) is 17.1 Å². The number of aliphatic hydroxyl groups is 1. The van der Waals surface area contributed by atoms with Gasteiger partial charge in [0.1, 0.15) is 17.1 Å². The first-order chi connectivity index (χ1) is 12.3. The lowest BCUT2D eigenvalue weighted by atomic mass is 10.1. The lowest BCUT2D eigenvalue weighted by Crippen LogP contribution is -2.16. The predicted octanol–water partition coefficient (Wildman–Crippen LogP) is 3.10. The minimum Gasteiger partial charge on any atom is -0.467 e. The Balaban J connectivity index is 2.21. The van der Waals surface area contributed by atoms with Gasteiger partial charge in [-0.25, -0.2) is 4.79 Å². The minimum absolute atomic E-state index is 0.0973. The van der Waals surface area contributed by atoms with Gasteiger partial charge in [0, 0.05) is 11.1 Å². The summed E-state index contributed by atoms with van der Waals surface area (Å²) in [6, 6.07) is 9.47. The summed E-state index contributed by atoms with van der Waals surface area (Å²) in [5.74, 6) is 4.67. The van der Waals surface area contributed by atoms with E-state index in [9.17, 15) is 18.0 Å². The lowest BCUT2D eigenvalue weighted by molar-refractivity contribution is -0.274. The Morgan fingerprint density at radius 2 is 1.69 bits per heavy atom. The van der Waals surface area contributed by atoms with E-state index < -0.39 is 19.1 Å². The van der Waals surface area contributed by atoms with Gasteiger partial charge >= 0.3 is 12.3 Å². The number of hydrogen-bond donors (Lipinski definition) is 1. The molecule has 0 aromatic heterocycles. The SMILES string of the molecule is COC(=O)c1ccc(C#Cc2ccc(OC(F)(F)F)cc2)cc1OCO. The normalized spacial score (nSPS) is 10.5. The first kappa shape index (κ1) is 19.1. The van der Waals surface area contributed by atoms with E-state index in [1.165, 1.54) is 31.4 Å². The maximum absolute atomic E-state index is 12.1. The van der Waals surface area contributed by atoms with Crippen LogP contribution in [0.5, 0.6) is 11.5 Å². The minimum atomic E-state index is -4.75. The molecule has 0 unspecified atom stereocenters. The van der Waals surface area contributed by atoms with Crippen molar-refractivity contribution >= 4 is 5.97 Å². The molecule has 2 rings (SSSR count). The second-order valence-corrected chi connectivity index (χ2v) is 4.80. The molecule has 0 aliphatic rings. The van der Waals surface area contributed by atoms with Gasteiger partial charge < -0.3 is 19.3 Å². The monoisotopic (exact) mass is 366 g/mol. The maximum Gasteiger partial charge on any atom is 0.573 e. The number of halogens is 3. The summed E-state index contributed by atoms with van der Waals surface area (Å²) in [6.07, 6.45) is -4.75. The van der Waals surface area contributed by atoms with E-state index in [4.69, 9.17) is 9.84 Å². The molecule has 5 nitrogen and oxygen atoms in total. The first-order valence-electron chi connectivity index (χ1n) is 7.16. The van der Waals surface area contributed by atoms with Gasteiger partial charge in [-0.15, -0.1) is 13.2 Å². The summed E-state index contributed by atoms with van der Waals surface area (Å²) in [6.45, 7) is -0.637. The van der Waals surface area contributed by atoms with Crippen LogP contribution >= 0.6 is 0 Å². The van der Waals surface area contributed by atoms with Crippen LogP contribution in [0.4, 0.5) is 13.2 Å². The molecule has 0 bridgehead atoms. The van der Waals surface area contributed by atoms with Crippen LogP contribution in [-0.2, 0) is 4.74 Å². The number of carbonyl (C=O) groups is 1. The van der Waals surface area contributed by atoms with Crippen molar-refractivity contribution in [2.75, 3.05) is 13.9 Å². The Morgan fingerprint density at radius 1 is 1.08 bits per heavy atom. The zero-order valence-electron chi connectivity index (χ0n) is 13.5. The Hall–Kier alpha value is -3.18. The van der Waals surface area contributed by atoms with E-state index in [2.05, 4.69) is 21.3 Å². The van der Waals surface area contributed by atoms with E-state index in [0.717, 1.165) is 12.1 Å². The average Bonchev–Trinajstić information content (AvgIpc) is 2.59. The van der Waals surface area contributed by atoms with Crippen LogP contribution in [0.15, 0.2) is 42.5 Å². The maximum atomic E-state index is 12.1. The van der Waals surface area contributed by atoms with Gasteiger partial charge in [0.05, 0.1) is 7.11 Å². The number of esters is 1. The van der Waals surface area contributed by atoms with Crippen LogP contribution in [0.25, 0.3) is 0 Å². The molecule has 0 saturated heterocycles. The largest absolute Gasteiger partial charge is 0.573 e. The zero-order chi connectivity index (χ0) is 19.2. The van der Waals surface area contributed by atoms with E-state index in [0.29, 0.717) is 11.1 Å². The fraction of sp³-hybridized carbons (Fsp3) is 0.167. The Bertz CT molecular complexity index is 833. The van der Waals surface area contributed by atoms with Gasteiger partial charge in [0.2, 0.25) is 0 Å². The lowest BCUT2D eigenvalue weighted by Gasteiger charge is -2.08. The second-order valence-electron chi connectivity index (χ2n) is 4.80. The van der Waals surface area contributed by atoms with Gasteiger partial charge in [-0.05, 0) is 42.5 Å². The van der Waals surface area contributed by atoms with E-state index in [1.54, 1.807) is 6.07 Å². The number of methoxy groups -OCH3 is 1. The predicted molar refractivity (Wildman–Crippen MR) is 84.6 cm³/mol. The summed E-state index contributed by atoms with van der Waals surface area (Å²) in [5.41, 5.74) is 1.05. The van der Waals surface area contributed by atoms with Crippen LogP contribution < -0.4 is 9.47 Å². The molecule has 0 spiro atoms. The van der Waals surface area contributed by atoms with Gasteiger partial charge in [-0.2, -0.15) is 0 Å². The number of benzene rings is 2. The first-order valence-corrected chi connectivity index (χ1v) is 7.16. The standard InChI is InChI=1S/C18H13F3O5/c1-24-17(23)15-9-6-13(10-16(15)25-11-22)3-2-12-4-7-14(8-5-12)26-18(19,20)21/h4-10,22H,11H2,1H3. The summed E-state index contributed by atoms with van der Waals surface area (Å²) >= 11 is 0. The number of ether oxygens (including phenoxy) is 3. The quantitative estimate of drug-likeness (QED) is 0.512. The molecule has 1 N–H and O–H groups in total. The molecular formula is C18H13F3O5. The van der Waals surface area contributed by atoms with Crippen LogP contribution in [0.3, 0.4) is 0 Å². The van der Waals surface area contributed by atoms with Crippen LogP contribution in [-0.4, -0.2) is 31.3 Å². The van der Waals surface area contributed by atoms with Crippen LogP contribution in [0.1, 0.15) is 21.5 Å². The number of rotatable bonds is 4. The molecule has 0 radical (unpaired) electrons. The van der Waals surface area contributed by atoms with Gasteiger partial charge in [0.25, 0.3) is 0 Å². The average molecular weight is 366 g/mol. The highest BCUT2D eigenvalue weighted by Gasteiger charge is 2.30. The topological polar surface area (TPSA) is 65.0 Å². The molecule has 2 aromatic rings. The van der Waals surface area contributed by atoms with Crippen molar-refractivity contribution in [3.8, 4) is 23.3 Å². The third-order valence-electron chi connectivity index (χ3n) is 3.05. The summed E-state index contributed by atoms with van der Waals surface area (Å²) in [7, 11) is 1.21. The molecule has 0 aliphatic heterocycles. The molecule has 2 aromatic carbocycles. The molecule has 0 fully saturated rings. The van der Waals surface area contributed by atoms with E-state index >= 15 is 0 Å². The number of alkyl halides is 3. The van der Waals surface area contributed by atoms with Crippen molar-refractivity contribution in [3.05, 3.63) is 59.2 Å². The highest BCUT2D eigenvalue weighted by atomic mass is 19.4. The van der Waals surface area contributed by atoms with Gasteiger partial charge in [-0.3, -0.25) is 0 Å². The molecule has 0 heterocycles. The van der Waals surface area contributed by atoms with Crippen LogP contribution in [0.2, 0.25) is 0 Å². The smallest absolute Gasteiger partial charge is 0.467 e. The summed E-state index contributed by atoms with van der Waals surface area (Å²) in [4.78, 5) is 11.6. The Labute approximate surface area is 146 Å². The van der Waals surface area contributed by atoms with E-state index in [1.807, 2.05) is 0 Å². The Kier molecular flexibility index (Phi) is 6.09. The molecule has 0 saturated carbocycles. The van der Waals surface area contributed by atoms with Crippen molar-refractivity contribution in [1.82, 2.24) is 0 Å². The summed E-state index contributed by atoms with van der Waals surface area (Å²) < 4.78 is 49.7. The van der Waals surface area contributed by atoms with Crippen molar-refractivity contribution < 1.29 is 37.3 Å². The third kappa shape index (κ3) is 5.43. The molecule has 8 heteroatoms. The number of carbonyl (C=O) groups excluding carboxylic acids is 1. The highest BCUT2D eigenvalue weighted by molar-refractivity contribution is 5.92. The van der Waals surface area contributed by atoms with Crippen LogP contribution in [0, 0.1) is 11.8 Å². The number of hydrogen-bond acceptors (Lipinski definition) is 5. The fourth-order valence-corrected chi connectivity index (χ4v) is 1.95. The molecule has 0 atom stereocenters. The second kappa shape index (κ2) is 8.27. The zero-order valence-corrected chi connectivity index (χ0v) is 13.5. The molecule has 136 valence electrons. The highest BCUT2D eigenvalue weighted by Crippen LogP contribution is 2.23. The summed E-state index contributed by atoms with van der Waals surface area (Å²) in [5, 5.41) is 8.90. The van der Waals surface area contributed by atoms with Gasteiger partial charge in [-0.1, -0.05) is 11.8 Å². The van der Waals surface area contributed by atoms with Crippen molar-refractivity contribution in [2.24, 2.45) is 0 Å². The third-order valence-corrected chi connectivity index (χ3v) is 3.05. The molecule has 0 aliphatic carbocycles. The molecular weight excluding hydrogens is 353 g/mol.